The van der Waals surface area contributed by atoms with Gasteiger partial charge in [-0.1, -0.05) is 13.8 Å². The van der Waals surface area contributed by atoms with Crippen molar-refractivity contribution < 1.29 is 14.7 Å². The van der Waals surface area contributed by atoms with E-state index in [4.69, 9.17) is 5.11 Å². The highest BCUT2D eigenvalue weighted by Crippen LogP contribution is 2.52. The van der Waals surface area contributed by atoms with Crippen molar-refractivity contribution in [3.63, 3.8) is 0 Å². The summed E-state index contributed by atoms with van der Waals surface area (Å²) < 4.78 is 0. The van der Waals surface area contributed by atoms with E-state index in [0.29, 0.717) is 13.0 Å². The Morgan fingerprint density at radius 2 is 1.94 bits per heavy atom. The predicted molar refractivity (Wildman–Crippen MR) is 58.9 cm³/mol. The van der Waals surface area contributed by atoms with Gasteiger partial charge in [-0.05, 0) is 31.1 Å². The van der Waals surface area contributed by atoms with Crippen LogP contribution in [0.1, 0.15) is 39.5 Å². The number of piperidine rings is 1. The minimum absolute atomic E-state index is 0.0486. The van der Waals surface area contributed by atoms with E-state index in [0.717, 1.165) is 19.3 Å². The number of amides is 1. The standard InChI is InChI=1S/C12H19NO3/c1-12(2)7-8(12)10(14)13-6-4-3-5-9(13)11(15)16/h8-9H,3-7H2,1-2H3,(H,15,16). The zero-order valence-electron chi connectivity index (χ0n) is 9.90. The van der Waals surface area contributed by atoms with E-state index >= 15 is 0 Å². The molecule has 0 bridgehead atoms. The number of carboxylic acid groups (broad SMARTS) is 1. The Labute approximate surface area is 95.6 Å². The zero-order valence-corrected chi connectivity index (χ0v) is 9.90. The first kappa shape index (κ1) is 11.4. The summed E-state index contributed by atoms with van der Waals surface area (Å²) in [7, 11) is 0. The fraction of sp³-hybridized carbons (Fsp3) is 0.833. The summed E-state index contributed by atoms with van der Waals surface area (Å²) >= 11 is 0. The van der Waals surface area contributed by atoms with Gasteiger partial charge >= 0.3 is 5.97 Å². The lowest BCUT2D eigenvalue weighted by atomic mass is 10.0. The molecule has 0 aromatic rings. The van der Waals surface area contributed by atoms with E-state index in [2.05, 4.69) is 13.8 Å². The molecule has 4 heteroatoms. The lowest BCUT2D eigenvalue weighted by molar-refractivity contribution is -0.153. The second kappa shape index (κ2) is 3.75. The van der Waals surface area contributed by atoms with Gasteiger partial charge in [0.25, 0.3) is 0 Å². The second-order valence-electron chi connectivity index (χ2n) is 5.63. The number of aliphatic carboxylic acids is 1. The van der Waals surface area contributed by atoms with Gasteiger partial charge in [-0.25, -0.2) is 4.79 Å². The molecule has 1 aliphatic carbocycles. The fourth-order valence-corrected chi connectivity index (χ4v) is 2.54. The molecule has 0 aromatic carbocycles. The van der Waals surface area contributed by atoms with E-state index < -0.39 is 12.0 Å². The maximum atomic E-state index is 12.2. The van der Waals surface area contributed by atoms with Crippen LogP contribution in [-0.2, 0) is 9.59 Å². The third-order valence-electron chi connectivity index (χ3n) is 3.88. The predicted octanol–water partition coefficient (Wildman–Crippen LogP) is 1.50. The number of hydrogen-bond donors (Lipinski definition) is 1. The Morgan fingerprint density at radius 1 is 1.31 bits per heavy atom. The van der Waals surface area contributed by atoms with E-state index in [1.807, 2.05) is 0 Å². The minimum Gasteiger partial charge on any atom is -0.480 e. The Bertz CT molecular complexity index is 324. The molecule has 0 aromatic heterocycles. The summed E-state index contributed by atoms with van der Waals surface area (Å²) in [6.07, 6.45) is 3.35. The SMILES string of the molecule is CC1(C)CC1C(=O)N1CCCCC1C(=O)O. The van der Waals surface area contributed by atoms with Gasteiger partial charge in [-0.15, -0.1) is 0 Å². The summed E-state index contributed by atoms with van der Waals surface area (Å²) in [4.78, 5) is 24.8. The molecule has 2 unspecified atom stereocenters. The highest BCUT2D eigenvalue weighted by molar-refractivity contribution is 5.87. The van der Waals surface area contributed by atoms with Crippen molar-refractivity contribution in [1.82, 2.24) is 4.90 Å². The van der Waals surface area contributed by atoms with Crippen LogP contribution in [0.2, 0.25) is 0 Å². The van der Waals surface area contributed by atoms with Crippen LogP contribution in [0, 0.1) is 11.3 Å². The molecule has 4 nitrogen and oxygen atoms in total. The molecular formula is C12H19NO3. The zero-order chi connectivity index (χ0) is 11.9. The van der Waals surface area contributed by atoms with Crippen LogP contribution < -0.4 is 0 Å². The highest BCUT2D eigenvalue weighted by Gasteiger charge is 2.53. The Morgan fingerprint density at radius 3 is 2.44 bits per heavy atom. The van der Waals surface area contributed by atoms with Crippen LogP contribution in [0.5, 0.6) is 0 Å². The van der Waals surface area contributed by atoms with Crippen molar-refractivity contribution >= 4 is 11.9 Å². The quantitative estimate of drug-likeness (QED) is 0.774. The van der Waals surface area contributed by atoms with Gasteiger partial charge in [0, 0.05) is 12.5 Å². The summed E-state index contributed by atoms with van der Waals surface area (Å²) in [5, 5.41) is 9.10. The number of rotatable bonds is 2. The van der Waals surface area contributed by atoms with Gasteiger partial charge < -0.3 is 10.0 Å². The van der Waals surface area contributed by atoms with Crippen LogP contribution in [0.25, 0.3) is 0 Å². The van der Waals surface area contributed by atoms with Gasteiger partial charge in [0.15, 0.2) is 0 Å². The molecule has 2 fully saturated rings. The van der Waals surface area contributed by atoms with Gasteiger partial charge in [0.2, 0.25) is 5.91 Å². The molecule has 0 radical (unpaired) electrons. The van der Waals surface area contributed by atoms with Crippen molar-refractivity contribution in [3.05, 3.63) is 0 Å². The molecule has 1 heterocycles. The molecule has 1 saturated carbocycles. The third kappa shape index (κ3) is 1.93. The molecule has 16 heavy (non-hydrogen) atoms. The molecule has 1 amide bonds. The Balaban J connectivity index is 2.06. The van der Waals surface area contributed by atoms with E-state index in [1.54, 1.807) is 4.90 Å². The minimum atomic E-state index is -0.855. The molecule has 2 rings (SSSR count). The molecule has 2 atom stereocenters. The largest absolute Gasteiger partial charge is 0.480 e. The van der Waals surface area contributed by atoms with Crippen molar-refractivity contribution in [1.29, 1.82) is 0 Å². The molecule has 0 spiro atoms. The molecular weight excluding hydrogens is 206 g/mol. The number of nitrogens with zero attached hydrogens (tertiary/aromatic N) is 1. The normalized spacial score (nSPS) is 32.2. The number of carbonyl (C=O) groups is 2. The van der Waals surface area contributed by atoms with Crippen LogP contribution in [-0.4, -0.2) is 34.5 Å². The van der Waals surface area contributed by atoms with Gasteiger partial charge in [-0.2, -0.15) is 0 Å². The van der Waals surface area contributed by atoms with Crippen LogP contribution in [0.3, 0.4) is 0 Å². The van der Waals surface area contributed by atoms with Gasteiger partial charge in [-0.3, -0.25) is 4.79 Å². The maximum absolute atomic E-state index is 12.2. The van der Waals surface area contributed by atoms with Gasteiger partial charge in [0.1, 0.15) is 6.04 Å². The highest BCUT2D eigenvalue weighted by atomic mass is 16.4. The Kier molecular flexibility index (Phi) is 2.68. The first-order valence-corrected chi connectivity index (χ1v) is 5.97. The maximum Gasteiger partial charge on any atom is 0.326 e. The summed E-state index contributed by atoms with van der Waals surface area (Å²) in [5.41, 5.74) is 0.0809. The number of carbonyl (C=O) groups excluding carboxylic acids is 1. The first-order valence-electron chi connectivity index (χ1n) is 5.97. The molecule has 1 N–H and O–H groups in total. The molecule has 1 aliphatic heterocycles. The van der Waals surface area contributed by atoms with Crippen LogP contribution in [0.4, 0.5) is 0 Å². The topological polar surface area (TPSA) is 57.6 Å². The summed E-state index contributed by atoms with van der Waals surface area (Å²) in [6.45, 7) is 4.74. The number of hydrogen-bond acceptors (Lipinski definition) is 2. The van der Waals surface area contributed by atoms with Crippen molar-refractivity contribution in [2.45, 2.75) is 45.6 Å². The number of likely N-dealkylation sites (tertiary alicyclic amines) is 1. The fourth-order valence-electron chi connectivity index (χ4n) is 2.54. The second-order valence-corrected chi connectivity index (χ2v) is 5.63. The van der Waals surface area contributed by atoms with Crippen LogP contribution in [0.15, 0.2) is 0 Å². The third-order valence-corrected chi connectivity index (χ3v) is 3.88. The number of carboxylic acids is 1. The van der Waals surface area contributed by atoms with Crippen molar-refractivity contribution in [3.8, 4) is 0 Å². The molecule has 1 saturated heterocycles. The molecule has 2 aliphatic rings. The smallest absolute Gasteiger partial charge is 0.326 e. The van der Waals surface area contributed by atoms with E-state index in [1.165, 1.54) is 0 Å². The Hall–Kier alpha value is -1.06. The van der Waals surface area contributed by atoms with Crippen molar-refractivity contribution in [2.24, 2.45) is 11.3 Å². The first-order chi connectivity index (χ1) is 7.43. The summed E-state index contributed by atoms with van der Waals surface area (Å²) in [6, 6.07) is -0.586. The lowest BCUT2D eigenvalue weighted by Gasteiger charge is -2.33. The average Bonchev–Trinajstić information content (AvgIpc) is 2.86. The van der Waals surface area contributed by atoms with E-state index in [9.17, 15) is 9.59 Å². The van der Waals surface area contributed by atoms with Crippen molar-refractivity contribution in [2.75, 3.05) is 6.54 Å². The van der Waals surface area contributed by atoms with E-state index in [-0.39, 0.29) is 17.2 Å². The monoisotopic (exact) mass is 225 g/mol. The van der Waals surface area contributed by atoms with Crippen LogP contribution >= 0.6 is 0 Å². The van der Waals surface area contributed by atoms with Gasteiger partial charge in [0.05, 0.1) is 0 Å². The molecule has 90 valence electrons. The average molecular weight is 225 g/mol. The lowest BCUT2D eigenvalue weighted by Crippen LogP contribution is -2.49. The summed E-state index contributed by atoms with van der Waals surface area (Å²) in [5.74, 6) is -0.754.